The summed E-state index contributed by atoms with van der Waals surface area (Å²) in [6.45, 7) is 3.85. The fourth-order valence-corrected chi connectivity index (χ4v) is 1.90. The number of hydrogen-bond acceptors (Lipinski definition) is 3. The van der Waals surface area contributed by atoms with Gasteiger partial charge in [0.05, 0.1) is 25.4 Å². The van der Waals surface area contributed by atoms with Crippen molar-refractivity contribution in [3.63, 3.8) is 0 Å². The highest BCUT2D eigenvalue weighted by molar-refractivity contribution is 4.77. The predicted octanol–water partition coefficient (Wildman–Crippen LogP) is 0.886. The summed E-state index contributed by atoms with van der Waals surface area (Å²) in [7, 11) is 2.17. The largest absolute Gasteiger partial charge is 0.378 e. The molecule has 0 aromatic carbocycles. The van der Waals surface area contributed by atoms with Gasteiger partial charge < -0.3 is 9.47 Å². The van der Waals surface area contributed by atoms with Gasteiger partial charge in [0.2, 0.25) is 0 Å². The fourth-order valence-electron chi connectivity index (χ4n) is 1.90. The highest BCUT2D eigenvalue weighted by Gasteiger charge is 2.25. The van der Waals surface area contributed by atoms with Crippen molar-refractivity contribution in [3.8, 4) is 0 Å². The fraction of sp³-hybridized carbons (Fsp3) is 1.00. The average Bonchev–Trinajstić information content (AvgIpc) is 2.02. The summed E-state index contributed by atoms with van der Waals surface area (Å²) in [6, 6.07) is 0.644. The van der Waals surface area contributed by atoms with Crippen LogP contribution < -0.4 is 0 Å². The van der Waals surface area contributed by atoms with Crippen LogP contribution >= 0.6 is 0 Å². The second-order valence-electron chi connectivity index (χ2n) is 4.12. The quantitative estimate of drug-likeness (QED) is 0.651. The smallest absolute Gasteiger partial charge is 0.0702 e. The molecule has 0 aliphatic carbocycles. The second-order valence-corrected chi connectivity index (χ2v) is 4.12. The molecule has 2 heterocycles. The van der Waals surface area contributed by atoms with Gasteiger partial charge >= 0.3 is 0 Å². The van der Waals surface area contributed by atoms with Crippen LogP contribution in [0, 0.1) is 0 Å². The zero-order valence-electron chi connectivity index (χ0n) is 8.37. The molecule has 0 bridgehead atoms. The summed E-state index contributed by atoms with van der Waals surface area (Å²) in [6.07, 6.45) is 4.28. The molecule has 2 fully saturated rings. The van der Waals surface area contributed by atoms with Crippen LogP contribution in [0.5, 0.6) is 0 Å². The lowest BCUT2D eigenvalue weighted by atomic mass is 10.1. The minimum absolute atomic E-state index is 0.472. The van der Waals surface area contributed by atoms with Gasteiger partial charge in [0.15, 0.2) is 0 Å². The first kappa shape index (κ1) is 9.44. The molecule has 3 heteroatoms. The van der Waals surface area contributed by atoms with Crippen LogP contribution in [0.3, 0.4) is 0 Å². The molecule has 2 saturated heterocycles. The Morgan fingerprint density at radius 1 is 1.31 bits per heavy atom. The minimum atomic E-state index is 0.472. The molecule has 2 aliphatic heterocycles. The Labute approximate surface area is 80.0 Å². The molecule has 3 nitrogen and oxygen atoms in total. The predicted molar refractivity (Wildman–Crippen MR) is 50.8 cm³/mol. The Balaban J connectivity index is 1.69. The monoisotopic (exact) mass is 185 g/mol. The molecule has 13 heavy (non-hydrogen) atoms. The van der Waals surface area contributed by atoms with Crippen LogP contribution in [0.25, 0.3) is 0 Å². The van der Waals surface area contributed by atoms with E-state index in [1.165, 1.54) is 19.3 Å². The van der Waals surface area contributed by atoms with E-state index in [2.05, 4.69) is 11.9 Å². The Bertz CT molecular complexity index is 153. The first-order valence-electron chi connectivity index (χ1n) is 5.26. The zero-order chi connectivity index (χ0) is 9.10. The molecule has 0 saturated carbocycles. The van der Waals surface area contributed by atoms with E-state index < -0.39 is 0 Å². The Morgan fingerprint density at radius 3 is 2.69 bits per heavy atom. The topological polar surface area (TPSA) is 21.7 Å². The van der Waals surface area contributed by atoms with E-state index >= 15 is 0 Å². The SMILES string of the molecule is CN(CC1CCCCO1)C1COC1. The molecule has 1 atom stereocenters. The van der Waals surface area contributed by atoms with E-state index in [0.717, 1.165) is 26.4 Å². The molecule has 0 radical (unpaired) electrons. The third-order valence-corrected chi connectivity index (χ3v) is 3.01. The van der Waals surface area contributed by atoms with Crippen LogP contribution in [0.15, 0.2) is 0 Å². The molecule has 2 rings (SSSR count). The Kier molecular flexibility index (Phi) is 3.19. The number of hydrogen-bond donors (Lipinski definition) is 0. The highest BCUT2D eigenvalue weighted by Crippen LogP contribution is 2.16. The lowest BCUT2D eigenvalue weighted by Crippen LogP contribution is -2.50. The molecule has 0 aromatic heterocycles. The van der Waals surface area contributed by atoms with Gasteiger partial charge in [0, 0.05) is 13.2 Å². The molecule has 0 aromatic rings. The van der Waals surface area contributed by atoms with Crippen molar-refractivity contribution < 1.29 is 9.47 Å². The van der Waals surface area contributed by atoms with Gasteiger partial charge in [-0.15, -0.1) is 0 Å². The maximum absolute atomic E-state index is 5.68. The number of ether oxygens (including phenoxy) is 2. The maximum Gasteiger partial charge on any atom is 0.0702 e. The zero-order valence-corrected chi connectivity index (χ0v) is 8.37. The van der Waals surface area contributed by atoms with Crippen LogP contribution in [-0.4, -0.2) is 50.5 Å². The van der Waals surface area contributed by atoms with Crippen molar-refractivity contribution in [2.45, 2.75) is 31.4 Å². The van der Waals surface area contributed by atoms with Crippen LogP contribution in [-0.2, 0) is 9.47 Å². The summed E-state index contributed by atoms with van der Waals surface area (Å²) in [5.74, 6) is 0. The number of rotatable bonds is 3. The Hall–Kier alpha value is -0.120. The lowest BCUT2D eigenvalue weighted by molar-refractivity contribution is -0.0787. The average molecular weight is 185 g/mol. The van der Waals surface area contributed by atoms with Gasteiger partial charge in [-0.05, 0) is 26.3 Å². The molecule has 0 N–H and O–H groups in total. The molecular weight excluding hydrogens is 166 g/mol. The normalized spacial score (nSPS) is 30.5. The van der Waals surface area contributed by atoms with Crippen LogP contribution in [0.1, 0.15) is 19.3 Å². The molecular formula is C10H19NO2. The molecule has 76 valence electrons. The van der Waals surface area contributed by atoms with Gasteiger partial charge in [-0.1, -0.05) is 0 Å². The van der Waals surface area contributed by atoms with Crippen molar-refractivity contribution in [1.29, 1.82) is 0 Å². The second kappa shape index (κ2) is 4.40. The third-order valence-electron chi connectivity index (χ3n) is 3.01. The van der Waals surface area contributed by atoms with Gasteiger partial charge in [0.25, 0.3) is 0 Å². The standard InChI is InChI=1S/C10H19NO2/c1-11(9-7-12-8-9)6-10-4-2-3-5-13-10/h9-10H,2-8H2,1H3. The molecule has 0 amide bonds. The van der Waals surface area contributed by atoms with Gasteiger partial charge in [-0.3, -0.25) is 4.90 Å². The lowest BCUT2D eigenvalue weighted by Gasteiger charge is -2.37. The van der Waals surface area contributed by atoms with E-state index in [1.54, 1.807) is 0 Å². The van der Waals surface area contributed by atoms with Crippen molar-refractivity contribution in [3.05, 3.63) is 0 Å². The van der Waals surface area contributed by atoms with Crippen molar-refractivity contribution in [2.75, 3.05) is 33.4 Å². The first-order valence-corrected chi connectivity index (χ1v) is 5.26. The van der Waals surface area contributed by atoms with Crippen molar-refractivity contribution >= 4 is 0 Å². The van der Waals surface area contributed by atoms with Crippen molar-refractivity contribution in [1.82, 2.24) is 4.90 Å². The minimum Gasteiger partial charge on any atom is -0.378 e. The number of nitrogens with zero attached hydrogens (tertiary/aromatic N) is 1. The van der Waals surface area contributed by atoms with E-state index in [1.807, 2.05) is 0 Å². The van der Waals surface area contributed by atoms with E-state index in [0.29, 0.717) is 12.1 Å². The van der Waals surface area contributed by atoms with E-state index in [9.17, 15) is 0 Å². The van der Waals surface area contributed by atoms with Gasteiger partial charge in [0.1, 0.15) is 0 Å². The van der Waals surface area contributed by atoms with E-state index in [4.69, 9.17) is 9.47 Å². The van der Waals surface area contributed by atoms with Crippen LogP contribution in [0.4, 0.5) is 0 Å². The molecule has 0 spiro atoms. The van der Waals surface area contributed by atoms with Gasteiger partial charge in [-0.25, -0.2) is 0 Å². The van der Waals surface area contributed by atoms with Gasteiger partial charge in [-0.2, -0.15) is 0 Å². The van der Waals surface area contributed by atoms with E-state index in [-0.39, 0.29) is 0 Å². The highest BCUT2D eigenvalue weighted by atomic mass is 16.5. The summed E-state index contributed by atoms with van der Waals surface area (Å²) < 4.78 is 10.8. The van der Waals surface area contributed by atoms with Crippen molar-refractivity contribution in [2.24, 2.45) is 0 Å². The molecule has 1 unspecified atom stereocenters. The summed E-state index contributed by atoms with van der Waals surface area (Å²) >= 11 is 0. The van der Waals surface area contributed by atoms with Crippen LogP contribution in [0.2, 0.25) is 0 Å². The Morgan fingerprint density at radius 2 is 2.15 bits per heavy atom. The maximum atomic E-state index is 5.68. The first-order chi connectivity index (χ1) is 6.36. The summed E-state index contributed by atoms with van der Waals surface area (Å²) in [5, 5.41) is 0. The number of likely N-dealkylation sites (N-methyl/N-ethyl adjacent to an activating group) is 1. The third kappa shape index (κ3) is 2.42. The summed E-state index contributed by atoms with van der Waals surface area (Å²) in [4.78, 5) is 2.37. The molecule has 2 aliphatic rings. The summed E-state index contributed by atoms with van der Waals surface area (Å²) in [5.41, 5.74) is 0.